The number of hydrogen-bond acceptors (Lipinski definition) is 5. The van der Waals surface area contributed by atoms with Gasteiger partial charge in [0.15, 0.2) is 5.65 Å². The van der Waals surface area contributed by atoms with Crippen LogP contribution >= 0.6 is 7.60 Å². The van der Waals surface area contributed by atoms with Crippen molar-refractivity contribution in [3.05, 3.63) is 59.2 Å². The van der Waals surface area contributed by atoms with E-state index in [2.05, 4.69) is 14.5 Å². The maximum atomic E-state index is 14.4. The van der Waals surface area contributed by atoms with Crippen LogP contribution in [0.15, 0.2) is 36.5 Å². The minimum Gasteiger partial charge on any atom is -0.321 e. The van der Waals surface area contributed by atoms with Crippen LogP contribution in [0.5, 0.6) is 0 Å². The average molecular weight is 401 g/mol. The zero-order valence-electron chi connectivity index (χ0n) is 15.2. The van der Waals surface area contributed by atoms with Crippen molar-refractivity contribution in [2.24, 2.45) is 0 Å². The molecule has 1 aliphatic heterocycles. The Hall–Kier alpha value is -2.67. The molecule has 1 atom stereocenters. The molecular weight excluding hydrogens is 384 g/mol. The highest BCUT2D eigenvalue weighted by Gasteiger charge is 2.31. The van der Waals surface area contributed by atoms with Crippen molar-refractivity contribution in [2.45, 2.75) is 19.9 Å². The van der Waals surface area contributed by atoms with Crippen LogP contribution in [0.1, 0.15) is 16.8 Å². The lowest BCUT2D eigenvalue weighted by Gasteiger charge is -2.20. The molecule has 1 amide bonds. The van der Waals surface area contributed by atoms with E-state index in [-0.39, 0.29) is 18.9 Å². The summed E-state index contributed by atoms with van der Waals surface area (Å²) in [5, 5.41) is 0.353. The van der Waals surface area contributed by atoms with E-state index in [0.717, 1.165) is 35.5 Å². The number of anilines is 1. The van der Waals surface area contributed by atoms with Gasteiger partial charge in [0.1, 0.15) is 5.82 Å². The summed E-state index contributed by atoms with van der Waals surface area (Å²) in [4.78, 5) is 32.6. The second-order valence-corrected chi connectivity index (χ2v) is 8.49. The van der Waals surface area contributed by atoms with Crippen molar-refractivity contribution in [1.82, 2.24) is 9.97 Å². The fourth-order valence-electron chi connectivity index (χ4n) is 3.36. The number of halogens is 1. The van der Waals surface area contributed by atoms with Gasteiger partial charge in [0.25, 0.3) is 0 Å². The SMILES string of the molecule is COP(=O)(O)c1ccc(CN2C(=O)Cc3cnc4nc(C)ccc4c32)cc1F. The van der Waals surface area contributed by atoms with Crippen LogP contribution in [0, 0.1) is 12.7 Å². The van der Waals surface area contributed by atoms with Gasteiger partial charge in [0.2, 0.25) is 5.91 Å². The molecule has 0 bridgehead atoms. The quantitative estimate of drug-likeness (QED) is 0.676. The highest BCUT2D eigenvalue weighted by Crippen LogP contribution is 2.40. The Morgan fingerprint density at radius 1 is 1.32 bits per heavy atom. The van der Waals surface area contributed by atoms with E-state index in [0.29, 0.717) is 11.2 Å². The first-order chi connectivity index (χ1) is 13.3. The van der Waals surface area contributed by atoms with Gasteiger partial charge in [0, 0.05) is 30.0 Å². The number of aromatic nitrogens is 2. The van der Waals surface area contributed by atoms with Crippen LogP contribution in [0.4, 0.5) is 10.1 Å². The normalized spacial score (nSPS) is 15.7. The van der Waals surface area contributed by atoms with Crippen LogP contribution in [0.25, 0.3) is 11.0 Å². The van der Waals surface area contributed by atoms with Crippen molar-refractivity contribution in [3.63, 3.8) is 0 Å². The van der Waals surface area contributed by atoms with Crippen LogP contribution in [0.3, 0.4) is 0 Å². The fourth-order valence-corrected chi connectivity index (χ4v) is 4.15. The molecule has 0 aliphatic carbocycles. The average Bonchev–Trinajstić information content (AvgIpc) is 2.97. The van der Waals surface area contributed by atoms with Gasteiger partial charge in [0.05, 0.1) is 24.0 Å². The molecule has 1 aromatic carbocycles. The predicted molar refractivity (Wildman–Crippen MR) is 102 cm³/mol. The molecule has 0 fully saturated rings. The number of aryl methyl sites for hydroxylation is 1. The topological polar surface area (TPSA) is 92.6 Å². The smallest absolute Gasteiger partial charge is 0.321 e. The number of hydrogen-bond donors (Lipinski definition) is 1. The number of pyridine rings is 2. The second kappa shape index (κ2) is 6.74. The summed E-state index contributed by atoms with van der Waals surface area (Å²) >= 11 is 0. The van der Waals surface area contributed by atoms with Crippen molar-refractivity contribution in [1.29, 1.82) is 0 Å². The van der Waals surface area contributed by atoms with Gasteiger partial charge in [-0.3, -0.25) is 9.36 Å². The standard InChI is InChI=1S/C19H17FN3O4P/c1-11-3-5-14-18-13(9-21-19(14)22-11)8-17(24)23(18)10-12-4-6-16(15(20)7-12)28(25,26)27-2/h3-7,9H,8,10H2,1-2H3,(H,25,26). The van der Waals surface area contributed by atoms with Crippen LogP contribution in [0.2, 0.25) is 0 Å². The summed E-state index contributed by atoms with van der Waals surface area (Å²) in [6.45, 7) is 1.99. The molecule has 28 heavy (non-hydrogen) atoms. The molecule has 0 radical (unpaired) electrons. The Morgan fingerprint density at radius 3 is 2.82 bits per heavy atom. The lowest BCUT2D eigenvalue weighted by Crippen LogP contribution is -2.26. The van der Waals surface area contributed by atoms with Gasteiger partial charge >= 0.3 is 7.60 Å². The summed E-state index contributed by atoms with van der Waals surface area (Å²) in [5.74, 6) is -0.979. The van der Waals surface area contributed by atoms with E-state index in [1.54, 1.807) is 11.1 Å². The molecule has 7 nitrogen and oxygen atoms in total. The van der Waals surface area contributed by atoms with Gasteiger partial charge < -0.3 is 14.3 Å². The Bertz CT molecular complexity index is 1170. The molecule has 2 aromatic heterocycles. The lowest BCUT2D eigenvalue weighted by molar-refractivity contribution is -0.117. The van der Waals surface area contributed by atoms with E-state index in [1.807, 2.05) is 19.1 Å². The first kappa shape index (κ1) is 18.7. The van der Waals surface area contributed by atoms with Crippen LogP contribution in [-0.4, -0.2) is 27.9 Å². The Labute approximate surface area is 160 Å². The first-order valence-electron chi connectivity index (χ1n) is 8.53. The van der Waals surface area contributed by atoms with Gasteiger partial charge in [-0.25, -0.2) is 14.4 Å². The first-order valence-corrected chi connectivity index (χ1v) is 10.1. The summed E-state index contributed by atoms with van der Waals surface area (Å²) in [7, 11) is -3.15. The highest BCUT2D eigenvalue weighted by molar-refractivity contribution is 7.61. The molecule has 4 rings (SSSR count). The van der Waals surface area contributed by atoms with E-state index >= 15 is 0 Å². The maximum Gasteiger partial charge on any atom is 0.361 e. The van der Waals surface area contributed by atoms with Crippen LogP contribution < -0.4 is 10.2 Å². The molecular formula is C19H17FN3O4P. The monoisotopic (exact) mass is 401 g/mol. The third-order valence-corrected chi connectivity index (χ3v) is 6.20. The number of nitrogens with zero attached hydrogens (tertiary/aromatic N) is 3. The molecule has 0 saturated carbocycles. The second-order valence-electron chi connectivity index (χ2n) is 6.60. The number of carbonyl (C=O) groups excluding carboxylic acids is 1. The molecule has 0 saturated heterocycles. The Balaban J connectivity index is 1.74. The van der Waals surface area contributed by atoms with Gasteiger partial charge in [-0.2, -0.15) is 0 Å². The van der Waals surface area contributed by atoms with Crippen molar-refractivity contribution < 1.29 is 23.2 Å². The number of benzene rings is 1. The van der Waals surface area contributed by atoms with Gasteiger partial charge in [-0.1, -0.05) is 6.07 Å². The van der Waals surface area contributed by atoms with Crippen molar-refractivity contribution in [3.8, 4) is 0 Å². The molecule has 144 valence electrons. The van der Waals surface area contributed by atoms with E-state index < -0.39 is 18.7 Å². The summed E-state index contributed by atoms with van der Waals surface area (Å²) in [6.07, 6.45) is 1.86. The zero-order chi connectivity index (χ0) is 20.1. The number of carbonyl (C=O) groups is 1. The molecule has 9 heteroatoms. The van der Waals surface area contributed by atoms with E-state index in [1.165, 1.54) is 12.1 Å². The van der Waals surface area contributed by atoms with E-state index in [4.69, 9.17) is 0 Å². The molecule has 1 unspecified atom stereocenters. The van der Waals surface area contributed by atoms with Crippen LogP contribution in [-0.2, 0) is 26.8 Å². The summed E-state index contributed by atoms with van der Waals surface area (Å²) in [5.41, 5.74) is 3.36. The summed E-state index contributed by atoms with van der Waals surface area (Å²) in [6, 6.07) is 7.60. The number of rotatable bonds is 4. The minimum absolute atomic E-state index is 0.124. The molecule has 1 aliphatic rings. The molecule has 1 N–H and O–H groups in total. The Morgan fingerprint density at radius 2 is 2.11 bits per heavy atom. The van der Waals surface area contributed by atoms with Crippen molar-refractivity contribution in [2.75, 3.05) is 12.0 Å². The number of amides is 1. The highest BCUT2D eigenvalue weighted by atomic mass is 31.2. The van der Waals surface area contributed by atoms with Crippen molar-refractivity contribution >= 4 is 35.5 Å². The summed E-state index contributed by atoms with van der Waals surface area (Å²) < 4.78 is 30.7. The van der Waals surface area contributed by atoms with Gasteiger partial charge in [-0.05, 0) is 36.8 Å². The Kier molecular flexibility index (Phi) is 4.50. The van der Waals surface area contributed by atoms with E-state index in [9.17, 15) is 18.6 Å². The third kappa shape index (κ3) is 3.09. The zero-order valence-corrected chi connectivity index (χ0v) is 16.1. The lowest BCUT2D eigenvalue weighted by atomic mass is 10.1. The predicted octanol–water partition coefficient (Wildman–Crippen LogP) is 2.62. The number of fused-ring (bicyclic) bond motifs is 3. The van der Waals surface area contributed by atoms with Gasteiger partial charge in [-0.15, -0.1) is 0 Å². The maximum absolute atomic E-state index is 14.4. The largest absolute Gasteiger partial charge is 0.361 e. The minimum atomic E-state index is -4.19. The molecule has 0 spiro atoms. The fraction of sp³-hybridized carbons (Fsp3) is 0.211. The third-order valence-electron chi connectivity index (χ3n) is 4.73. The molecule has 3 heterocycles. The molecule has 3 aromatic rings.